The lowest BCUT2D eigenvalue weighted by molar-refractivity contribution is -0.274. The van der Waals surface area contributed by atoms with Gasteiger partial charge in [-0.25, -0.2) is 14.8 Å². The zero-order valence-electron chi connectivity index (χ0n) is 18.5. The minimum Gasteiger partial charge on any atom is -0.406 e. The number of thiazole rings is 1. The number of alkyl halides is 3. The fourth-order valence-corrected chi connectivity index (χ4v) is 4.15. The van der Waals surface area contributed by atoms with E-state index in [2.05, 4.69) is 30.2 Å². The number of nitrogens with one attached hydrogen (secondary N) is 2. The fourth-order valence-electron chi connectivity index (χ4n) is 3.37. The summed E-state index contributed by atoms with van der Waals surface area (Å²) in [6.07, 6.45) is -1.58. The molecule has 3 aromatic rings. The first-order valence-corrected chi connectivity index (χ1v) is 11.3. The number of piperazine rings is 1. The van der Waals surface area contributed by atoms with Gasteiger partial charge in [-0.3, -0.25) is 10.1 Å². The fraction of sp³-hybridized carbons (Fsp3) is 0.273. The van der Waals surface area contributed by atoms with Crippen molar-refractivity contribution in [1.29, 1.82) is 0 Å². The Morgan fingerprint density at radius 2 is 1.69 bits per heavy atom. The Morgan fingerprint density at radius 1 is 0.971 bits per heavy atom. The number of ether oxygens (including phenoxy) is 1. The molecule has 1 fully saturated rings. The van der Waals surface area contributed by atoms with Crippen LogP contribution in [0.15, 0.2) is 48.8 Å². The molecule has 184 valence electrons. The Morgan fingerprint density at radius 3 is 2.31 bits per heavy atom. The first-order chi connectivity index (χ1) is 16.7. The number of hydrogen-bond acceptors (Lipinski definition) is 7. The van der Waals surface area contributed by atoms with Gasteiger partial charge in [-0.15, -0.1) is 13.2 Å². The highest BCUT2D eigenvalue weighted by Crippen LogP contribution is 2.25. The molecule has 1 aromatic carbocycles. The Hall–Kier alpha value is -3.87. The maximum atomic E-state index is 12.9. The minimum absolute atomic E-state index is 0.173. The lowest BCUT2D eigenvalue weighted by Gasteiger charge is -2.35. The molecule has 1 aliphatic heterocycles. The highest BCUT2D eigenvalue weighted by atomic mass is 32.1. The normalized spacial score (nSPS) is 13.9. The highest BCUT2D eigenvalue weighted by Gasteiger charge is 2.31. The predicted octanol–water partition coefficient (Wildman–Crippen LogP) is 4.35. The Kier molecular flexibility index (Phi) is 7.05. The van der Waals surface area contributed by atoms with Crippen LogP contribution in [0.3, 0.4) is 0 Å². The first kappa shape index (κ1) is 24.3. The molecule has 1 aliphatic rings. The third-order valence-corrected chi connectivity index (χ3v) is 5.97. The van der Waals surface area contributed by atoms with Crippen molar-refractivity contribution in [3.63, 3.8) is 0 Å². The number of carbonyl (C=O) groups excluding carboxylic acids is 2. The summed E-state index contributed by atoms with van der Waals surface area (Å²) in [7, 11) is 0. The topological polar surface area (TPSA) is 99.7 Å². The largest absolute Gasteiger partial charge is 0.573 e. The van der Waals surface area contributed by atoms with Gasteiger partial charge >= 0.3 is 12.4 Å². The third kappa shape index (κ3) is 6.59. The Labute approximate surface area is 202 Å². The van der Waals surface area contributed by atoms with Crippen LogP contribution in [-0.2, 0) is 0 Å². The number of aryl methyl sites for hydroxylation is 1. The summed E-state index contributed by atoms with van der Waals surface area (Å²) in [5.41, 5.74) is 1.34. The maximum absolute atomic E-state index is 12.9. The van der Waals surface area contributed by atoms with Gasteiger partial charge in [0.2, 0.25) is 0 Å². The molecule has 0 saturated carbocycles. The number of pyridine rings is 1. The van der Waals surface area contributed by atoms with Crippen LogP contribution < -0.4 is 20.3 Å². The van der Waals surface area contributed by atoms with Crippen LogP contribution in [0.1, 0.15) is 15.2 Å². The lowest BCUT2D eigenvalue weighted by Crippen LogP contribution is -2.48. The van der Waals surface area contributed by atoms with Gasteiger partial charge < -0.3 is 19.9 Å². The molecule has 3 heterocycles. The summed E-state index contributed by atoms with van der Waals surface area (Å²) >= 11 is 1.04. The van der Waals surface area contributed by atoms with Crippen LogP contribution in [0.2, 0.25) is 0 Å². The molecule has 13 heteroatoms. The van der Waals surface area contributed by atoms with Gasteiger partial charge in [-0.05, 0) is 42.8 Å². The van der Waals surface area contributed by atoms with E-state index in [0.717, 1.165) is 34.9 Å². The van der Waals surface area contributed by atoms with E-state index in [1.54, 1.807) is 4.90 Å². The van der Waals surface area contributed by atoms with E-state index >= 15 is 0 Å². The Balaban J connectivity index is 1.27. The number of hydrogen-bond donors (Lipinski definition) is 2. The molecule has 0 unspecified atom stereocenters. The van der Waals surface area contributed by atoms with E-state index in [4.69, 9.17) is 0 Å². The van der Waals surface area contributed by atoms with Crippen LogP contribution >= 0.6 is 11.3 Å². The van der Waals surface area contributed by atoms with Gasteiger partial charge in [0.25, 0.3) is 5.91 Å². The third-order valence-electron chi connectivity index (χ3n) is 5.07. The molecule has 35 heavy (non-hydrogen) atoms. The SMILES string of the molecule is Cc1ccc(N2CCN(C(=O)c3cnc(NC(=O)Nc4ccc(OC(F)(F)F)cc4)s3)CC2)nc1. The number of urea groups is 1. The van der Waals surface area contributed by atoms with Crippen LogP contribution in [0.25, 0.3) is 0 Å². The van der Waals surface area contributed by atoms with Gasteiger partial charge in [-0.1, -0.05) is 17.4 Å². The summed E-state index contributed by atoms with van der Waals surface area (Å²) in [5.74, 6) is 0.302. The molecule has 9 nitrogen and oxygen atoms in total. The number of halogens is 3. The van der Waals surface area contributed by atoms with Crippen molar-refractivity contribution in [2.75, 3.05) is 41.7 Å². The highest BCUT2D eigenvalue weighted by molar-refractivity contribution is 7.17. The molecule has 0 aliphatic carbocycles. The standard InChI is InChI=1S/C22H21F3N6O3S/c1-14-2-7-18(26-12-14)30-8-10-31(11-9-30)19(32)17-13-27-21(35-17)29-20(33)28-15-3-5-16(6-4-15)34-22(23,24)25/h2-7,12-13H,8-11H2,1H3,(H2,27,28,29,33). The van der Waals surface area contributed by atoms with Gasteiger partial charge in [0.15, 0.2) is 5.13 Å². The number of nitrogens with zero attached hydrogens (tertiary/aromatic N) is 4. The molecule has 0 spiro atoms. The molecular formula is C22H21F3N6O3S. The number of aromatic nitrogens is 2. The van der Waals surface area contributed by atoms with E-state index in [0.29, 0.717) is 31.1 Å². The summed E-state index contributed by atoms with van der Waals surface area (Å²) < 4.78 is 40.5. The Bertz CT molecular complexity index is 1180. The van der Waals surface area contributed by atoms with E-state index in [-0.39, 0.29) is 16.7 Å². The van der Waals surface area contributed by atoms with Crippen molar-refractivity contribution in [1.82, 2.24) is 14.9 Å². The quantitative estimate of drug-likeness (QED) is 0.534. The average molecular weight is 507 g/mol. The number of amides is 3. The monoisotopic (exact) mass is 506 g/mol. The van der Waals surface area contributed by atoms with E-state index < -0.39 is 18.1 Å². The number of rotatable bonds is 5. The van der Waals surface area contributed by atoms with Gasteiger partial charge in [-0.2, -0.15) is 0 Å². The van der Waals surface area contributed by atoms with Gasteiger partial charge in [0.1, 0.15) is 16.4 Å². The molecule has 2 aromatic heterocycles. The molecule has 0 radical (unpaired) electrons. The second kappa shape index (κ2) is 10.2. The van der Waals surface area contributed by atoms with Crippen molar-refractivity contribution in [2.24, 2.45) is 0 Å². The van der Waals surface area contributed by atoms with Crippen molar-refractivity contribution in [3.05, 3.63) is 59.2 Å². The zero-order chi connectivity index (χ0) is 25.0. The van der Waals surface area contributed by atoms with E-state index in [1.165, 1.54) is 18.3 Å². The molecule has 0 bridgehead atoms. The molecule has 0 atom stereocenters. The summed E-state index contributed by atoms with van der Waals surface area (Å²) in [6, 6.07) is 8.01. The van der Waals surface area contributed by atoms with Gasteiger partial charge in [0, 0.05) is 38.1 Å². The van der Waals surface area contributed by atoms with Crippen molar-refractivity contribution in [3.8, 4) is 5.75 Å². The number of anilines is 3. The smallest absolute Gasteiger partial charge is 0.406 e. The van der Waals surface area contributed by atoms with Crippen LogP contribution in [0, 0.1) is 6.92 Å². The predicted molar refractivity (Wildman–Crippen MR) is 125 cm³/mol. The molecule has 1 saturated heterocycles. The summed E-state index contributed by atoms with van der Waals surface area (Å²) in [6.45, 7) is 4.35. The minimum atomic E-state index is -4.79. The molecule has 2 N–H and O–H groups in total. The van der Waals surface area contributed by atoms with Crippen LogP contribution in [0.5, 0.6) is 5.75 Å². The van der Waals surface area contributed by atoms with E-state index in [9.17, 15) is 22.8 Å². The van der Waals surface area contributed by atoms with Crippen LogP contribution in [-0.4, -0.2) is 59.3 Å². The van der Waals surface area contributed by atoms with Crippen LogP contribution in [0.4, 0.5) is 34.6 Å². The van der Waals surface area contributed by atoms with Gasteiger partial charge in [0.05, 0.1) is 6.20 Å². The molecular weight excluding hydrogens is 485 g/mol. The molecule has 4 rings (SSSR count). The second-order valence-corrected chi connectivity index (χ2v) is 8.68. The number of benzene rings is 1. The van der Waals surface area contributed by atoms with Crippen molar-refractivity contribution in [2.45, 2.75) is 13.3 Å². The molecule has 3 amide bonds. The van der Waals surface area contributed by atoms with E-state index in [1.807, 2.05) is 25.3 Å². The van der Waals surface area contributed by atoms with Crippen molar-refractivity contribution < 1.29 is 27.5 Å². The second-order valence-electron chi connectivity index (χ2n) is 7.65. The summed E-state index contributed by atoms with van der Waals surface area (Å²) in [5, 5.41) is 5.21. The zero-order valence-corrected chi connectivity index (χ0v) is 19.3. The average Bonchev–Trinajstić information content (AvgIpc) is 3.28. The first-order valence-electron chi connectivity index (χ1n) is 10.5. The number of carbonyl (C=O) groups is 2. The van der Waals surface area contributed by atoms with Crippen molar-refractivity contribution >= 4 is 39.9 Å². The maximum Gasteiger partial charge on any atom is 0.573 e. The summed E-state index contributed by atoms with van der Waals surface area (Å²) in [4.78, 5) is 37.8. The lowest BCUT2D eigenvalue weighted by atomic mass is 10.2.